The Morgan fingerprint density at radius 2 is 1.97 bits per heavy atom. The summed E-state index contributed by atoms with van der Waals surface area (Å²) in [6.45, 7) is -0.305. The molecule has 3 aromatic rings. The third kappa shape index (κ3) is 4.23. The van der Waals surface area contributed by atoms with Crippen LogP contribution in [0.4, 0.5) is 5.82 Å². The van der Waals surface area contributed by atoms with Gasteiger partial charge in [-0.1, -0.05) is 30.3 Å². The maximum absolute atomic E-state index is 11.0. The second kappa shape index (κ2) is 7.69. The summed E-state index contributed by atoms with van der Waals surface area (Å²) in [7, 11) is -4.12. The average molecular weight is 419 g/mol. The van der Waals surface area contributed by atoms with Crippen molar-refractivity contribution >= 4 is 21.8 Å². The second-order valence-corrected chi connectivity index (χ2v) is 8.22. The monoisotopic (exact) mass is 419 g/mol. The molecule has 0 bridgehead atoms. The van der Waals surface area contributed by atoms with Crippen LogP contribution in [-0.2, 0) is 14.5 Å². The Hall–Kier alpha value is -2.57. The highest BCUT2D eigenvalue weighted by molar-refractivity contribution is 7.84. The number of aliphatic hydroxyl groups is 2. The zero-order chi connectivity index (χ0) is 20.6. The Labute approximate surface area is 167 Å². The van der Waals surface area contributed by atoms with E-state index in [1.54, 1.807) is 16.8 Å². The minimum absolute atomic E-state index is 0.286. The van der Waals surface area contributed by atoms with Gasteiger partial charge in [0.15, 0.2) is 5.65 Å². The number of fused-ring (bicyclic) bond motifs is 1. The lowest BCUT2D eigenvalue weighted by molar-refractivity contribution is 0.00777. The van der Waals surface area contributed by atoms with Crippen molar-refractivity contribution in [1.82, 2.24) is 14.6 Å². The molecule has 2 aromatic heterocycles. The van der Waals surface area contributed by atoms with E-state index in [0.717, 1.165) is 11.3 Å². The van der Waals surface area contributed by atoms with Gasteiger partial charge in [0.2, 0.25) is 0 Å². The zero-order valence-electron chi connectivity index (χ0n) is 15.3. The van der Waals surface area contributed by atoms with E-state index < -0.39 is 34.5 Å². The van der Waals surface area contributed by atoms with Crippen LogP contribution in [0.3, 0.4) is 0 Å². The van der Waals surface area contributed by atoms with Crippen LogP contribution in [0, 0.1) is 5.92 Å². The molecule has 154 valence electrons. The van der Waals surface area contributed by atoms with Crippen LogP contribution in [0.1, 0.15) is 6.42 Å². The molecule has 1 saturated carbocycles. The summed E-state index contributed by atoms with van der Waals surface area (Å²) < 4.78 is 28.2. The van der Waals surface area contributed by atoms with Crippen molar-refractivity contribution in [2.45, 2.75) is 24.7 Å². The largest absolute Gasteiger partial charge is 0.390 e. The van der Waals surface area contributed by atoms with Crippen LogP contribution in [0.25, 0.3) is 16.9 Å². The first kappa shape index (κ1) is 19.7. The molecule has 1 aliphatic carbocycles. The van der Waals surface area contributed by atoms with Crippen LogP contribution >= 0.6 is 0 Å². The number of aliphatic hydroxyl groups excluding tert-OH is 2. The normalized spacial score (nSPS) is 24.8. The van der Waals surface area contributed by atoms with Gasteiger partial charge in [-0.25, -0.2) is 10.1 Å². The fraction of sp³-hybridized carbons (Fsp3) is 0.333. The smallest absolute Gasteiger partial charge is 0.333 e. The molecule has 11 heteroatoms. The SMILES string of the molecule is NS(=O)(=O)OC[C@H]1C[C@@H](Nc2ccnc3cc(-c4ccccc4)nn23)[C@H](O)[C@@H]1O. The molecule has 4 atom stereocenters. The minimum atomic E-state index is -4.12. The molecule has 0 spiro atoms. The van der Waals surface area contributed by atoms with Crippen molar-refractivity contribution in [2.24, 2.45) is 11.1 Å². The molecule has 10 nitrogen and oxygen atoms in total. The first-order valence-corrected chi connectivity index (χ1v) is 10.5. The Balaban J connectivity index is 1.55. The molecule has 0 aliphatic heterocycles. The molecular weight excluding hydrogens is 398 g/mol. The molecule has 0 amide bonds. The van der Waals surface area contributed by atoms with E-state index in [1.807, 2.05) is 36.4 Å². The summed E-state index contributed by atoms with van der Waals surface area (Å²) >= 11 is 0. The summed E-state index contributed by atoms with van der Waals surface area (Å²) in [6, 6.07) is 12.7. The molecule has 0 unspecified atom stereocenters. The minimum Gasteiger partial charge on any atom is -0.390 e. The Morgan fingerprint density at radius 1 is 1.21 bits per heavy atom. The fourth-order valence-corrected chi connectivity index (χ4v) is 3.92. The van der Waals surface area contributed by atoms with Gasteiger partial charge in [0.25, 0.3) is 0 Å². The van der Waals surface area contributed by atoms with E-state index in [0.29, 0.717) is 11.5 Å². The van der Waals surface area contributed by atoms with Crippen LogP contribution in [0.5, 0.6) is 0 Å². The molecule has 4 rings (SSSR count). The third-order valence-electron chi connectivity index (χ3n) is 5.01. The number of rotatable bonds is 6. The first-order chi connectivity index (χ1) is 13.8. The van der Waals surface area contributed by atoms with E-state index in [1.165, 1.54) is 0 Å². The number of hydrogen-bond acceptors (Lipinski definition) is 8. The number of benzene rings is 1. The van der Waals surface area contributed by atoms with E-state index in [2.05, 4.69) is 19.6 Å². The quantitative estimate of drug-likeness (QED) is 0.440. The van der Waals surface area contributed by atoms with Gasteiger partial charge in [-0.2, -0.15) is 18.0 Å². The van der Waals surface area contributed by atoms with Gasteiger partial charge in [0.05, 0.1) is 24.4 Å². The van der Waals surface area contributed by atoms with Gasteiger partial charge in [-0.3, -0.25) is 4.18 Å². The molecule has 1 aliphatic rings. The first-order valence-electron chi connectivity index (χ1n) is 9.02. The number of hydrogen-bond donors (Lipinski definition) is 4. The molecule has 0 radical (unpaired) electrons. The number of nitrogens with two attached hydrogens (primary N) is 1. The summed E-state index contributed by atoms with van der Waals surface area (Å²) in [5.41, 5.74) is 2.32. The third-order valence-corrected chi connectivity index (χ3v) is 5.47. The lowest BCUT2D eigenvalue weighted by Crippen LogP contribution is -2.36. The summed E-state index contributed by atoms with van der Waals surface area (Å²) in [5.74, 6) is -0.00269. The van der Waals surface area contributed by atoms with E-state index >= 15 is 0 Å². The Bertz CT molecular complexity index is 1100. The predicted molar refractivity (Wildman–Crippen MR) is 105 cm³/mol. The Kier molecular flexibility index (Phi) is 5.23. The van der Waals surface area contributed by atoms with Crippen molar-refractivity contribution in [3.05, 3.63) is 48.7 Å². The Morgan fingerprint density at radius 3 is 2.69 bits per heavy atom. The van der Waals surface area contributed by atoms with Gasteiger partial charge in [0.1, 0.15) is 11.9 Å². The standard InChI is InChI=1S/C18H21N5O5S/c19-29(26,27)28-10-12-8-14(18(25)17(12)24)21-15-6-7-20-16-9-13(22-23(15)16)11-4-2-1-3-5-11/h1-7,9,12,14,17-18,21,24-25H,8,10H2,(H2,19,26,27)/t12-,14-,17-,18+/m1/s1. The van der Waals surface area contributed by atoms with Crippen molar-refractivity contribution in [2.75, 3.05) is 11.9 Å². The summed E-state index contributed by atoms with van der Waals surface area (Å²) in [6.07, 6.45) is -0.359. The highest BCUT2D eigenvalue weighted by Crippen LogP contribution is 2.30. The molecule has 5 N–H and O–H groups in total. The molecular formula is C18H21N5O5S. The number of nitrogens with one attached hydrogen (secondary N) is 1. The fourth-order valence-electron chi connectivity index (χ4n) is 3.56. The molecule has 0 saturated heterocycles. The highest BCUT2D eigenvalue weighted by Gasteiger charge is 2.42. The molecule has 2 heterocycles. The van der Waals surface area contributed by atoms with Gasteiger partial charge in [-0.15, -0.1) is 0 Å². The van der Waals surface area contributed by atoms with E-state index in [4.69, 9.17) is 5.14 Å². The number of anilines is 1. The van der Waals surface area contributed by atoms with Crippen molar-refractivity contribution in [3.8, 4) is 11.3 Å². The van der Waals surface area contributed by atoms with Crippen LogP contribution in [-0.4, -0.2) is 58.1 Å². The average Bonchev–Trinajstić information content (AvgIpc) is 3.24. The second-order valence-electron chi connectivity index (χ2n) is 7.00. The van der Waals surface area contributed by atoms with Crippen molar-refractivity contribution in [1.29, 1.82) is 0 Å². The summed E-state index contributed by atoms with van der Waals surface area (Å²) in [5, 5.41) is 33.2. The van der Waals surface area contributed by atoms with Gasteiger partial charge in [-0.05, 0) is 12.5 Å². The molecule has 1 fully saturated rings. The van der Waals surface area contributed by atoms with Gasteiger partial charge in [0, 0.05) is 23.7 Å². The highest BCUT2D eigenvalue weighted by atomic mass is 32.2. The maximum Gasteiger partial charge on any atom is 0.333 e. The van der Waals surface area contributed by atoms with Gasteiger partial charge < -0.3 is 15.5 Å². The topological polar surface area (TPSA) is 152 Å². The van der Waals surface area contributed by atoms with E-state index in [9.17, 15) is 18.6 Å². The predicted octanol–water partition coefficient (Wildman–Crippen LogP) is 0.139. The van der Waals surface area contributed by atoms with Crippen molar-refractivity contribution in [3.63, 3.8) is 0 Å². The summed E-state index contributed by atoms with van der Waals surface area (Å²) in [4.78, 5) is 4.32. The number of nitrogens with zero attached hydrogens (tertiary/aromatic N) is 3. The lowest BCUT2D eigenvalue weighted by atomic mass is 10.1. The lowest BCUT2D eigenvalue weighted by Gasteiger charge is -2.19. The van der Waals surface area contributed by atoms with E-state index in [-0.39, 0.29) is 13.0 Å². The van der Waals surface area contributed by atoms with Crippen LogP contribution < -0.4 is 10.5 Å². The van der Waals surface area contributed by atoms with Crippen LogP contribution in [0.15, 0.2) is 48.7 Å². The van der Waals surface area contributed by atoms with Gasteiger partial charge >= 0.3 is 10.3 Å². The molecule has 29 heavy (non-hydrogen) atoms. The zero-order valence-corrected chi connectivity index (χ0v) is 16.1. The number of aromatic nitrogens is 3. The van der Waals surface area contributed by atoms with Crippen LogP contribution in [0.2, 0.25) is 0 Å². The molecule has 1 aromatic carbocycles. The maximum atomic E-state index is 11.0. The van der Waals surface area contributed by atoms with Crippen molar-refractivity contribution < 1.29 is 22.8 Å².